The highest BCUT2D eigenvalue weighted by Gasteiger charge is 2.53. The summed E-state index contributed by atoms with van der Waals surface area (Å²) in [6, 6.07) is 0. The van der Waals surface area contributed by atoms with E-state index in [1.165, 1.54) is 44.9 Å². The van der Waals surface area contributed by atoms with Crippen molar-refractivity contribution in [3.63, 3.8) is 0 Å². The number of rotatable bonds is 3. The molecule has 2 saturated carbocycles. The average molecular weight is 277 g/mol. The van der Waals surface area contributed by atoms with Gasteiger partial charge in [-0.05, 0) is 74.5 Å². The maximum atomic E-state index is 2.64. The van der Waals surface area contributed by atoms with Crippen molar-refractivity contribution in [3.05, 3.63) is 11.6 Å². The van der Waals surface area contributed by atoms with Crippen LogP contribution in [-0.2, 0) is 0 Å². The molecule has 0 heteroatoms. The molecular weight excluding hydrogens is 240 g/mol. The minimum Gasteiger partial charge on any atom is -0.0887 e. The summed E-state index contributed by atoms with van der Waals surface area (Å²) in [6.07, 6.45) is 12.3. The fourth-order valence-electron chi connectivity index (χ4n) is 5.75. The molecule has 0 amide bonds. The minimum absolute atomic E-state index is 0.570. The molecule has 0 radical (unpaired) electrons. The van der Waals surface area contributed by atoms with Crippen LogP contribution in [0, 0.1) is 28.6 Å². The fraction of sp³-hybridized carbons (Fsp3) is 0.900. The Morgan fingerprint density at radius 1 is 1.15 bits per heavy atom. The lowest BCUT2D eigenvalue weighted by molar-refractivity contribution is -0.0957. The highest BCUT2D eigenvalue weighted by Crippen LogP contribution is 2.62. The zero-order chi connectivity index (χ0) is 15.0. The molecule has 0 heterocycles. The molecule has 2 fully saturated rings. The Bertz CT molecular complexity index is 362. The summed E-state index contributed by atoms with van der Waals surface area (Å²) in [5, 5.41) is 0. The molecule has 20 heavy (non-hydrogen) atoms. The van der Waals surface area contributed by atoms with Crippen molar-refractivity contribution in [2.45, 2.75) is 86.5 Å². The first-order valence-corrected chi connectivity index (χ1v) is 8.93. The van der Waals surface area contributed by atoms with E-state index in [4.69, 9.17) is 0 Å². The summed E-state index contributed by atoms with van der Waals surface area (Å²) < 4.78 is 0. The van der Waals surface area contributed by atoms with Crippen molar-refractivity contribution in [3.8, 4) is 0 Å². The smallest absolute Gasteiger partial charge is 0.0261 e. The van der Waals surface area contributed by atoms with E-state index < -0.39 is 0 Å². The van der Waals surface area contributed by atoms with E-state index in [-0.39, 0.29) is 0 Å². The molecule has 0 saturated heterocycles. The highest BCUT2D eigenvalue weighted by molar-refractivity contribution is 5.04. The quantitative estimate of drug-likeness (QED) is 0.509. The van der Waals surface area contributed by atoms with Gasteiger partial charge >= 0.3 is 0 Å². The Morgan fingerprint density at radius 2 is 1.85 bits per heavy atom. The molecule has 2 aliphatic carbocycles. The van der Waals surface area contributed by atoms with Crippen molar-refractivity contribution in [1.82, 2.24) is 0 Å². The highest BCUT2D eigenvalue weighted by atomic mass is 14.6. The maximum Gasteiger partial charge on any atom is -0.0261 e. The third-order valence-corrected chi connectivity index (χ3v) is 7.06. The van der Waals surface area contributed by atoms with Crippen molar-refractivity contribution in [2.75, 3.05) is 0 Å². The van der Waals surface area contributed by atoms with Crippen LogP contribution in [-0.4, -0.2) is 0 Å². The molecule has 0 aromatic rings. The predicted octanol–water partition coefficient (Wildman–Crippen LogP) is 6.61. The maximum absolute atomic E-state index is 2.64. The largest absolute Gasteiger partial charge is 0.0887 e. The lowest BCUT2D eigenvalue weighted by atomic mass is 9.46. The first kappa shape index (κ1) is 16.1. The lowest BCUT2D eigenvalue weighted by Gasteiger charge is -2.59. The van der Waals surface area contributed by atoms with Gasteiger partial charge in [0.1, 0.15) is 0 Å². The summed E-state index contributed by atoms with van der Waals surface area (Å²) in [5.41, 5.74) is 2.76. The number of hydrogen-bond donors (Lipinski definition) is 0. The second-order valence-corrected chi connectivity index (χ2v) is 8.74. The molecule has 0 aromatic carbocycles. The van der Waals surface area contributed by atoms with E-state index in [2.05, 4.69) is 47.6 Å². The van der Waals surface area contributed by atoms with Crippen LogP contribution >= 0.6 is 0 Å². The molecule has 2 aliphatic rings. The third kappa shape index (κ3) is 2.85. The molecule has 0 aliphatic heterocycles. The van der Waals surface area contributed by atoms with Crippen molar-refractivity contribution in [2.24, 2.45) is 28.6 Å². The van der Waals surface area contributed by atoms with Gasteiger partial charge in [0, 0.05) is 0 Å². The first-order chi connectivity index (χ1) is 9.31. The van der Waals surface area contributed by atoms with Crippen molar-refractivity contribution in [1.29, 1.82) is 0 Å². The van der Waals surface area contributed by atoms with Crippen LogP contribution in [0.3, 0.4) is 0 Å². The van der Waals surface area contributed by atoms with Gasteiger partial charge in [0.15, 0.2) is 0 Å². The normalized spacial score (nSPS) is 41.3. The minimum atomic E-state index is 0.570. The van der Waals surface area contributed by atoms with Crippen molar-refractivity contribution >= 4 is 0 Å². The second-order valence-electron chi connectivity index (χ2n) is 8.74. The Labute approximate surface area is 127 Å². The molecule has 0 unspecified atom stereocenters. The SMILES string of the molecule is CC=C(C)CC[C@H]1[C@@H](C)CC[C@H]2C(C)(C)CCC[C@]12C. The Balaban J connectivity index is 2.19. The Hall–Kier alpha value is -0.260. The second kappa shape index (κ2) is 5.85. The van der Waals surface area contributed by atoms with Crippen LogP contribution in [0.15, 0.2) is 11.6 Å². The number of fused-ring (bicyclic) bond motifs is 1. The van der Waals surface area contributed by atoms with E-state index in [1.807, 2.05) is 0 Å². The molecule has 0 bridgehead atoms. The Morgan fingerprint density at radius 3 is 2.50 bits per heavy atom. The fourth-order valence-corrected chi connectivity index (χ4v) is 5.75. The first-order valence-electron chi connectivity index (χ1n) is 8.93. The number of hydrogen-bond acceptors (Lipinski definition) is 0. The van der Waals surface area contributed by atoms with Gasteiger partial charge in [-0.15, -0.1) is 0 Å². The van der Waals surface area contributed by atoms with E-state index in [0.29, 0.717) is 10.8 Å². The summed E-state index contributed by atoms with van der Waals surface area (Å²) in [4.78, 5) is 0. The van der Waals surface area contributed by atoms with Gasteiger partial charge in [-0.25, -0.2) is 0 Å². The average Bonchev–Trinajstić information content (AvgIpc) is 2.36. The van der Waals surface area contributed by atoms with E-state index >= 15 is 0 Å². The summed E-state index contributed by atoms with van der Waals surface area (Å²) in [5.74, 6) is 2.82. The van der Waals surface area contributed by atoms with E-state index in [9.17, 15) is 0 Å². The van der Waals surface area contributed by atoms with Crippen LogP contribution in [0.4, 0.5) is 0 Å². The Kier molecular flexibility index (Phi) is 4.72. The molecule has 116 valence electrons. The molecular formula is C20H36. The van der Waals surface area contributed by atoms with Gasteiger partial charge in [0.2, 0.25) is 0 Å². The zero-order valence-corrected chi connectivity index (χ0v) is 14.8. The van der Waals surface area contributed by atoms with Gasteiger partial charge in [-0.2, -0.15) is 0 Å². The van der Waals surface area contributed by atoms with Crippen LogP contribution in [0.2, 0.25) is 0 Å². The van der Waals surface area contributed by atoms with Gasteiger partial charge in [0.25, 0.3) is 0 Å². The molecule has 2 rings (SSSR count). The predicted molar refractivity (Wildman–Crippen MR) is 89.8 cm³/mol. The summed E-state index contributed by atoms with van der Waals surface area (Å²) >= 11 is 0. The van der Waals surface area contributed by atoms with Crippen LogP contribution in [0.5, 0.6) is 0 Å². The molecule has 0 aromatic heterocycles. The standard InChI is InChI=1S/C20H36/c1-7-15(2)9-11-17-16(3)10-12-18-19(4,5)13-8-14-20(17,18)6/h7,16-18H,8-14H2,1-6H3/t16-,17-,18-,20+/m0/s1. The van der Waals surface area contributed by atoms with Gasteiger partial charge < -0.3 is 0 Å². The van der Waals surface area contributed by atoms with Gasteiger partial charge in [-0.3, -0.25) is 0 Å². The molecule has 0 nitrogen and oxygen atoms in total. The van der Waals surface area contributed by atoms with E-state index in [1.54, 1.807) is 5.57 Å². The number of allylic oxidation sites excluding steroid dienone is 2. The monoisotopic (exact) mass is 276 g/mol. The molecule has 4 atom stereocenters. The van der Waals surface area contributed by atoms with Gasteiger partial charge in [0.05, 0.1) is 0 Å². The molecule has 0 N–H and O–H groups in total. The zero-order valence-electron chi connectivity index (χ0n) is 14.8. The summed E-state index contributed by atoms with van der Waals surface area (Å²) in [6.45, 7) is 14.7. The third-order valence-electron chi connectivity index (χ3n) is 7.06. The van der Waals surface area contributed by atoms with Gasteiger partial charge in [-0.1, -0.05) is 52.2 Å². The van der Waals surface area contributed by atoms with Crippen LogP contribution in [0.1, 0.15) is 86.5 Å². The van der Waals surface area contributed by atoms with E-state index in [0.717, 1.165) is 17.8 Å². The van der Waals surface area contributed by atoms with Crippen LogP contribution < -0.4 is 0 Å². The topological polar surface area (TPSA) is 0 Å². The molecule has 0 spiro atoms. The van der Waals surface area contributed by atoms with Crippen molar-refractivity contribution < 1.29 is 0 Å². The summed E-state index contributed by atoms with van der Waals surface area (Å²) in [7, 11) is 0. The van der Waals surface area contributed by atoms with Crippen LogP contribution in [0.25, 0.3) is 0 Å². The lowest BCUT2D eigenvalue weighted by Crippen LogP contribution is -2.51.